The average molecular weight is 260 g/mol. The van der Waals surface area contributed by atoms with Crippen LogP contribution in [0.3, 0.4) is 0 Å². The minimum Gasteiger partial charge on any atom is -0.385 e. The molecule has 0 saturated carbocycles. The Labute approximate surface area is 107 Å². The second-order valence-electron chi connectivity index (χ2n) is 3.53. The van der Waals surface area contributed by atoms with Crippen LogP contribution in [0.25, 0.3) is 0 Å². The van der Waals surface area contributed by atoms with Gasteiger partial charge >= 0.3 is 0 Å². The van der Waals surface area contributed by atoms with E-state index in [1.54, 1.807) is 20.3 Å². The van der Waals surface area contributed by atoms with Gasteiger partial charge in [0, 0.05) is 40.0 Å². The molecule has 0 bridgehead atoms. The lowest BCUT2D eigenvalue weighted by Gasteiger charge is -2.23. The number of halogens is 1. The van der Waals surface area contributed by atoms with Crippen LogP contribution in [0.5, 0.6) is 0 Å². The number of anilines is 1. The molecule has 0 spiro atoms. The number of hydrogen-bond acceptors (Lipinski definition) is 5. The molecule has 0 aliphatic carbocycles. The summed E-state index contributed by atoms with van der Waals surface area (Å²) in [5, 5.41) is 0.448. The molecule has 0 N–H and O–H groups in total. The zero-order chi connectivity index (χ0) is 12.5. The Morgan fingerprint density at radius 1 is 1.18 bits per heavy atom. The number of methoxy groups -OCH3 is 2. The van der Waals surface area contributed by atoms with Crippen LogP contribution < -0.4 is 4.90 Å². The Morgan fingerprint density at radius 3 is 2.59 bits per heavy atom. The first-order chi connectivity index (χ1) is 8.27. The molecule has 0 aromatic carbocycles. The van der Waals surface area contributed by atoms with E-state index in [2.05, 4.69) is 14.9 Å². The Balaban J connectivity index is 2.60. The fourth-order valence-electron chi connectivity index (χ4n) is 1.44. The summed E-state index contributed by atoms with van der Waals surface area (Å²) in [6, 6.07) is 1.75. The van der Waals surface area contributed by atoms with Crippen LogP contribution in [0.2, 0.25) is 5.15 Å². The SMILES string of the molecule is COCCCN(CCOC)c1cc(Cl)ncn1. The molecular weight excluding hydrogens is 242 g/mol. The number of rotatable bonds is 8. The standard InChI is InChI=1S/C11H18ClN3O2/c1-16-6-3-4-15(5-7-17-2)11-8-10(12)13-9-14-11/h8-9H,3-7H2,1-2H3. The van der Waals surface area contributed by atoms with Gasteiger partial charge in [-0.25, -0.2) is 9.97 Å². The van der Waals surface area contributed by atoms with E-state index in [1.807, 2.05) is 0 Å². The van der Waals surface area contributed by atoms with Crippen molar-refractivity contribution in [3.8, 4) is 0 Å². The molecule has 1 aromatic rings. The van der Waals surface area contributed by atoms with E-state index >= 15 is 0 Å². The molecule has 6 heteroatoms. The molecule has 0 atom stereocenters. The van der Waals surface area contributed by atoms with E-state index in [0.29, 0.717) is 11.8 Å². The molecule has 96 valence electrons. The summed E-state index contributed by atoms with van der Waals surface area (Å²) in [5.74, 6) is 0.818. The third-order valence-corrected chi connectivity index (χ3v) is 2.49. The first kappa shape index (κ1) is 14.2. The molecule has 1 heterocycles. The second kappa shape index (κ2) is 8.22. The number of hydrogen-bond donors (Lipinski definition) is 0. The number of nitrogens with zero attached hydrogens (tertiary/aromatic N) is 3. The van der Waals surface area contributed by atoms with Crippen molar-refractivity contribution in [1.29, 1.82) is 0 Å². The van der Waals surface area contributed by atoms with Gasteiger partial charge in [-0.15, -0.1) is 0 Å². The Morgan fingerprint density at radius 2 is 1.94 bits per heavy atom. The van der Waals surface area contributed by atoms with Crippen LogP contribution in [-0.4, -0.2) is 50.5 Å². The van der Waals surface area contributed by atoms with Crippen molar-refractivity contribution in [2.24, 2.45) is 0 Å². The summed E-state index contributed by atoms with van der Waals surface area (Å²) < 4.78 is 10.1. The van der Waals surface area contributed by atoms with Crippen molar-refractivity contribution in [3.05, 3.63) is 17.5 Å². The lowest BCUT2D eigenvalue weighted by molar-refractivity contribution is 0.191. The maximum Gasteiger partial charge on any atom is 0.134 e. The molecule has 0 aliphatic heterocycles. The van der Waals surface area contributed by atoms with Crippen molar-refractivity contribution in [3.63, 3.8) is 0 Å². The van der Waals surface area contributed by atoms with Crippen LogP contribution in [0.4, 0.5) is 5.82 Å². The Hall–Kier alpha value is -0.910. The summed E-state index contributed by atoms with van der Waals surface area (Å²) in [7, 11) is 3.38. The van der Waals surface area contributed by atoms with Crippen LogP contribution in [0.1, 0.15) is 6.42 Å². The summed E-state index contributed by atoms with van der Waals surface area (Å²) in [5.41, 5.74) is 0. The van der Waals surface area contributed by atoms with Gasteiger partial charge in [-0.3, -0.25) is 0 Å². The molecule has 0 fully saturated rings. The summed E-state index contributed by atoms with van der Waals surface area (Å²) in [4.78, 5) is 10.2. The maximum absolute atomic E-state index is 5.85. The molecular formula is C11H18ClN3O2. The Kier molecular flexibility index (Phi) is 6.84. The lowest BCUT2D eigenvalue weighted by Crippen LogP contribution is -2.29. The van der Waals surface area contributed by atoms with E-state index in [1.165, 1.54) is 6.33 Å². The molecule has 5 nitrogen and oxygen atoms in total. The zero-order valence-electron chi connectivity index (χ0n) is 10.2. The van der Waals surface area contributed by atoms with E-state index < -0.39 is 0 Å². The van der Waals surface area contributed by atoms with E-state index in [0.717, 1.165) is 31.9 Å². The third kappa shape index (κ3) is 5.30. The smallest absolute Gasteiger partial charge is 0.134 e. The molecule has 1 aromatic heterocycles. The predicted molar refractivity (Wildman–Crippen MR) is 67.6 cm³/mol. The van der Waals surface area contributed by atoms with Crippen molar-refractivity contribution in [1.82, 2.24) is 9.97 Å². The van der Waals surface area contributed by atoms with Gasteiger partial charge in [0.2, 0.25) is 0 Å². The molecule has 1 rings (SSSR count). The van der Waals surface area contributed by atoms with Crippen molar-refractivity contribution >= 4 is 17.4 Å². The van der Waals surface area contributed by atoms with Crippen LogP contribution in [0.15, 0.2) is 12.4 Å². The maximum atomic E-state index is 5.85. The molecule has 17 heavy (non-hydrogen) atoms. The molecule has 0 saturated heterocycles. The first-order valence-corrected chi connectivity index (χ1v) is 5.86. The highest BCUT2D eigenvalue weighted by Crippen LogP contribution is 2.14. The van der Waals surface area contributed by atoms with Crippen molar-refractivity contribution in [2.45, 2.75) is 6.42 Å². The molecule has 0 aliphatic rings. The monoisotopic (exact) mass is 259 g/mol. The zero-order valence-corrected chi connectivity index (χ0v) is 11.0. The first-order valence-electron chi connectivity index (χ1n) is 5.48. The highest BCUT2D eigenvalue weighted by Gasteiger charge is 2.08. The quantitative estimate of drug-likeness (QED) is 0.524. The fourth-order valence-corrected chi connectivity index (χ4v) is 1.58. The summed E-state index contributed by atoms with van der Waals surface area (Å²) in [6.45, 7) is 3.00. The van der Waals surface area contributed by atoms with Crippen LogP contribution in [0, 0.1) is 0 Å². The number of aromatic nitrogens is 2. The van der Waals surface area contributed by atoms with E-state index in [9.17, 15) is 0 Å². The minimum atomic E-state index is 0.448. The largest absolute Gasteiger partial charge is 0.385 e. The van der Waals surface area contributed by atoms with Gasteiger partial charge in [0.25, 0.3) is 0 Å². The van der Waals surface area contributed by atoms with Crippen LogP contribution in [-0.2, 0) is 9.47 Å². The fraction of sp³-hybridized carbons (Fsp3) is 0.636. The van der Waals surface area contributed by atoms with Gasteiger partial charge in [0.15, 0.2) is 0 Å². The lowest BCUT2D eigenvalue weighted by atomic mass is 10.3. The molecule has 0 unspecified atom stereocenters. The number of ether oxygens (including phenoxy) is 2. The predicted octanol–water partition coefficient (Wildman–Crippen LogP) is 1.62. The summed E-state index contributed by atoms with van der Waals surface area (Å²) >= 11 is 5.85. The van der Waals surface area contributed by atoms with Gasteiger partial charge in [0.05, 0.1) is 6.61 Å². The molecule has 0 radical (unpaired) electrons. The van der Waals surface area contributed by atoms with Crippen molar-refractivity contribution in [2.75, 3.05) is 45.4 Å². The topological polar surface area (TPSA) is 47.5 Å². The minimum absolute atomic E-state index is 0.448. The highest BCUT2D eigenvalue weighted by molar-refractivity contribution is 6.29. The third-order valence-electron chi connectivity index (χ3n) is 2.29. The average Bonchev–Trinajstić information content (AvgIpc) is 2.33. The van der Waals surface area contributed by atoms with E-state index in [4.69, 9.17) is 21.1 Å². The van der Waals surface area contributed by atoms with Crippen molar-refractivity contribution < 1.29 is 9.47 Å². The van der Waals surface area contributed by atoms with Gasteiger partial charge in [-0.05, 0) is 6.42 Å². The Bertz CT molecular complexity index is 325. The summed E-state index contributed by atoms with van der Waals surface area (Å²) in [6.07, 6.45) is 2.40. The van der Waals surface area contributed by atoms with Crippen LogP contribution >= 0.6 is 11.6 Å². The molecule has 0 amide bonds. The van der Waals surface area contributed by atoms with Gasteiger partial charge in [-0.2, -0.15) is 0 Å². The van der Waals surface area contributed by atoms with Gasteiger partial charge in [-0.1, -0.05) is 11.6 Å². The van der Waals surface area contributed by atoms with Gasteiger partial charge < -0.3 is 14.4 Å². The highest BCUT2D eigenvalue weighted by atomic mass is 35.5. The normalized spacial score (nSPS) is 10.5. The van der Waals surface area contributed by atoms with Gasteiger partial charge in [0.1, 0.15) is 17.3 Å². The van der Waals surface area contributed by atoms with E-state index in [-0.39, 0.29) is 0 Å². The second-order valence-corrected chi connectivity index (χ2v) is 3.91.